The molecule has 0 spiro atoms. The minimum Gasteiger partial charge on any atom is -0.477 e. The van der Waals surface area contributed by atoms with Gasteiger partial charge < -0.3 is 28.5 Å². The molecule has 1 N–H and O–H groups in total. The Bertz CT molecular complexity index is 1850. The van der Waals surface area contributed by atoms with Crippen LogP contribution in [0.15, 0.2) is 158 Å². The topological polar surface area (TPSA) is 108 Å². The molecule has 0 aromatic rings. The van der Waals surface area contributed by atoms with Crippen molar-refractivity contribution in [1.82, 2.24) is 0 Å². The van der Waals surface area contributed by atoms with Gasteiger partial charge >= 0.3 is 17.9 Å². The fourth-order valence-corrected chi connectivity index (χ4v) is 7.58. The maximum atomic E-state index is 12.9. The van der Waals surface area contributed by atoms with Crippen molar-refractivity contribution >= 4 is 17.9 Å². The van der Waals surface area contributed by atoms with Crippen molar-refractivity contribution in [3.05, 3.63) is 158 Å². The number of likely N-dealkylation sites (N-methyl/N-ethyl adjacent to an activating group) is 1. The first-order chi connectivity index (χ1) is 38.6. The van der Waals surface area contributed by atoms with Crippen LogP contribution in [0.2, 0.25) is 0 Å². The van der Waals surface area contributed by atoms with Crippen LogP contribution in [0.4, 0.5) is 0 Å². The molecule has 0 saturated carbocycles. The minimum atomic E-state index is -1.53. The molecule has 2 unspecified atom stereocenters. The molecule has 0 heterocycles. The standard InChI is InChI=1S/C70H111NO8/c1-6-8-10-12-14-16-18-20-22-23-24-25-26-27-28-29-30-31-32-33-34-35-36-37-38-39-40-41-42-43-44-45-47-49-51-53-55-57-59-61-68(73)79-66(65-78-70(69(74)75)76-63-62-71(3,4)5)64-77-67(72)60-58-56-54-52-50-48-46-21-19-17-15-13-11-9-7-2/h8,10,14-17,20-22,24-25,27-28,30-31,33-34,36-37,39-40,42-43,45-47,66,70H,6-7,9,11-13,18-19,23,26,29,32,35,38,41,44,48-65H2,1-5H3/p+1/b10-8-,16-14-,17-15-,22-20-,25-24-,28-27-,31-30-,34-33-,37-36-,40-39-,43-42-,46-21-,47-45-. The predicted octanol–water partition coefficient (Wildman–Crippen LogP) is 18.6. The molecule has 0 radical (unpaired) electrons. The summed E-state index contributed by atoms with van der Waals surface area (Å²) in [5.74, 6) is -2.07. The summed E-state index contributed by atoms with van der Waals surface area (Å²) in [5, 5.41) is 9.70. The molecule has 0 saturated heterocycles. The zero-order valence-electron chi connectivity index (χ0n) is 50.5. The summed E-state index contributed by atoms with van der Waals surface area (Å²) in [6.45, 7) is 4.66. The number of quaternary nitrogens is 1. The number of carbonyl (C=O) groups is 3. The SMILES string of the molecule is CC/C=C\C/C=C\C/C=C\C/C=C\C/C=C\C/C=C\C/C=C\C/C=C\C/C=C\C/C=C\C/C=C\CCCCCCCC(=O)OC(COC(=O)CCCCCCC/C=C\C/C=C\CCCCC)COC(OCC[N+](C)(C)C)C(=O)O. The monoisotopic (exact) mass is 1090 g/mol. The smallest absolute Gasteiger partial charge is 0.361 e. The van der Waals surface area contributed by atoms with Crippen molar-refractivity contribution in [3.63, 3.8) is 0 Å². The lowest BCUT2D eigenvalue weighted by Gasteiger charge is -2.25. The lowest BCUT2D eigenvalue weighted by molar-refractivity contribution is -0.870. The number of esters is 2. The second kappa shape index (κ2) is 59.0. The molecular weight excluding hydrogens is 983 g/mol. The third kappa shape index (κ3) is 60.4. The molecule has 0 bridgehead atoms. The first-order valence-electron chi connectivity index (χ1n) is 30.6. The van der Waals surface area contributed by atoms with E-state index in [1.54, 1.807) is 0 Å². The van der Waals surface area contributed by atoms with Crippen molar-refractivity contribution in [3.8, 4) is 0 Å². The fraction of sp³-hybridized carbons (Fsp3) is 0.586. The number of aliphatic carboxylic acids is 1. The Morgan fingerprint density at radius 2 is 0.722 bits per heavy atom. The average molecular weight is 1100 g/mol. The quantitative estimate of drug-likeness (QED) is 0.0211. The number of hydrogen-bond donors (Lipinski definition) is 1. The lowest BCUT2D eigenvalue weighted by atomic mass is 10.1. The summed E-state index contributed by atoms with van der Waals surface area (Å²) in [6.07, 6.45) is 84.7. The number of nitrogens with zero attached hydrogens (tertiary/aromatic N) is 1. The van der Waals surface area contributed by atoms with Gasteiger partial charge in [0.1, 0.15) is 13.2 Å². The van der Waals surface area contributed by atoms with E-state index >= 15 is 0 Å². The summed E-state index contributed by atoms with van der Waals surface area (Å²) < 4.78 is 22.8. The number of ether oxygens (including phenoxy) is 4. The Morgan fingerprint density at radius 1 is 0.392 bits per heavy atom. The molecule has 444 valence electrons. The zero-order valence-corrected chi connectivity index (χ0v) is 50.5. The van der Waals surface area contributed by atoms with Gasteiger partial charge in [-0.25, -0.2) is 4.79 Å². The van der Waals surface area contributed by atoms with E-state index in [1.165, 1.54) is 25.7 Å². The Labute approximate surface area is 483 Å². The van der Waals surface area contributed by atoms with E-state index < -0.39 is 24.3 Å². The van der Waals surface area contributed by atoms with Gasteiger partial charge in [-0.05, 0) is 128 Å². The largest absolute Gasteiger partial charge is 0.477 e. The molecule has 0 aliphatic carbocycles. The van der Waals surface area contributed by atoms with Crippen molar-refractivity contribution in [2.75, 3.05) is 47.5 Å². The molecular formula is C70H112NO8+. The van der Waals surface area contributed by atoms with Crippen LogP contribution in [0.3, 0.4) is 0 Å². The molecule has 0 rings (SSSR count). The van der Waals surface area contributed by atoms with E-state index in [-0.39, 0.29) is 38.6 Å². The van der Waals surface area contributed by atoms with Crippen molar-refractivity contribution in [1.29, 1.82) is 0 Å². The molecule has 0 fully saturated rings. The van der Waals surface area contributed by atoms with Crippen LogP contribution in [0, 0.1) is 0 Å². The number of unbranched alkanes of at least 4 members (excludes halogenated alkanes) is 13. The van der Waals surface area contributed by atoms with E-state index in [0.717, 1.165) is 148 Å². The first-order valence-corrected chi connectivity index (χ1v) is 30.6. The van der Waals surface area contributed by atoms with Gasteiger partial charge in [-0.1, -0.05) is 223 Å². The predicted molar refractivity (Wildman–Crippen MR) is 336 cm³/mol. The molecule has 9 heteroatoms. The lowest BCUT2D eigenvalue weighted by Crippen LogP contribution is -2.40. The number of carboxylic acids is 1. The van der Waals surface area contributed by atoms with E-state index in [9.17, 15) is 19.5 Å². The molecule has 9 nitrogen and oxygen atoms in total. The van der Waals surface area contributed by atoms with Gasteiger partial charge in [0.25, 0.3) is 6.29 Å². The Morgan fingerprint density at radius 3 is 1.08 bits per heavy atom. The van der Waals surface area contributed by atoms with Crippen LogP contribution in [0.1, 0.15) is 206 Å². The molecule has 0 amide bonds. The third-order valence-corrected chi connectivity index (χ3v) is 12.3. The average Bonchev–Trinajstić information content (AvgIpc) is 3.42. The highest BCUT2D eigenvalue weighted by atomic mass is 16.7. The summed E-state index contributed by atoms with van der Waals surface area (Å²) in [6, 6.07) is 0. The van der Waals surface area contributed by atoms with Crippen molar-refractivity contribution in [2.45, 2.75) is 219 Å². The molecule has 0 aromatic heterocycles. The van der Waals surface area contributed by atoms with Gasteiger partial charge in [0.05, 0.1) is 34.4 Å². The Hall–Kier alpha value is -5.09. The number of allylic oxidation sites excluding steroid dienone is 26. The van der Waals surface area contributed by atoms with Gasteiger partial charge in [-0.15, -0.1) is 0 Å². The van der Waals surface area contributed by atoms with Crippen LogP contribution in [-0.2, 0) is 33.3 Å². The van der Waals surface area contributed by atoms with Crippen LogP contribution < -0.4 is 0 Å². The van der Waals surface area contributed by atoms with E-state index in [4.69, 9.17) is 18.9 Å². The summed E-state index contributed by atoms with van der Waals surface area (Å²) in [5.41, 5.74) is 0. The molecule has 0 aliphatic rings. The van der Waals surface area contributed by atoms with E-state index in [1.807, 2.05) is 21.1 Å². The summed E-state index contributed by atoms with van der Waals surface area (Å²) in [7, 11) is 5.94. The molecule has 0 aliphatic heterocycles. The van der Waals surface area contributed by atoms with Crippen molar-refractivity contribution < 1.29 is 42.9 Å². The van der Waals surface area contributed by atoms with Gasteiger partial charge in [0.2, 0.25) is 0 Å². The van der Waals surface area contributed by atoms with Gasteiger partial charge in [0, 0.05) is 12.8 Å². The maximum Gasteiger partial charge on any atom is 0.361 e. The number of carboxylic acid groups (broad SMARTS) is 1. The molecule has 2 atom stereocenters. The van der Waals surface area contributed by atoms with Gasteiger partial charge in [-0.3, -0.25) is 9.59 Å². The summed E-state index contributed by atoms with van der Waals surface area (Å²) >= 11 is 0. The fourth-order valence-electron chi connectivity index (χ4n) is 7.58. The Balaban J connectivity index is 4.26. The van der Waals surface area contributed by atoms with E-state index in [2.05, 4.69) is 172 Å². The highest BCUT2D eigenvalue weighted by molar-refractivity contribution is 5.71. The van der Waals surface area contributed by atoms with Crippen LogP contribution in [0.25, 0.3) is 0 Å². The second-order valence-electron chi connectivity index (χ2n) is 20.9. The van der Waals surface area contributed by atoms with Crippen LogP contribution in [0.5, 0.6) is 0 Å². The normalized spacial score (nSPS) is 13.9. The third-order valence-electron chi connectivity index (χ3n) is 12.3. The molecule has 0 aromatic carbocycles. The van der Waals surface area contributed by atoms with E-state index in [0.29, 0.717) is 17.4 Å². The minimum absolute atomic E-state index is 0.173. The number of hydrogen-bond acceptors (Lipinski definition) is 7. The first kappa shape index (κ1) is 73.9. The second-order valence-corrected chi connectivity index (χ2v) is 20.9. The summed E-state index contributed by atoms with van der Waals surface area (Å²) in [4.78, 5) is 37.4. The Kier molecular flexibility index (Phi) is 55.2. The maximum absolute atomic E-state index is 12.9. The van der Waals surface area contributed by atoms with Crippen molar-refractivity contribution in [2.24, 2.45) is 0 Å². The number of rotatable bonds is 54. The van der Waals surface area contributed by atoms with Crippen LogP contribution in [-0.4, -0.2) is 87.4 Å². The number of carbonyl (C=O) groups excluding carboxylic acids is 2. The van der Waals surface area contributed by atoms with Crippen LogP contribution >= 0.6 is 0 Å². The molecule has 79 heavy (non-hydrogen) atoms. The highest BCUT2D eigenvalue weighted by Gasteiger charge is 2.25. The van der Waals surface area contributed by atoms with Gasteiger partial charge in [-0.2, -0.15) is 0 Å². The highest BCUT2D eigenvalue weighted by Crippen LogP contribution is 2.13. The zero-order chi connectivity index (χ0) is 57.6. The van der Waals surface area contributed by atoms with Gasteiger partial charge in [0.15, 0.2) is 6.10 Å².